The lowest BCUT2D eigenvalue weighted by atomic mass is 10.0. The van der Waals surface area contributed by atoms with Crippen LogP contribution in [-0.4, -0.2) is 271 Å². The van der Waals surface area contributed by atoms with Crippen molar-refractivity contribution in [1.29, 1.82) is 0 Å². The fraction of sp³-hybridized carbons (Fsp3) is 0.864. The molecule has 80 heavy (non-hydrogen) atoms. The topological polar surface area (TPSA) is 194 Å². The summed E-state index contributed by atoms with van der Waals surface area (Å²) < 4.78 is 116. The van der Waals surface area contributed by atoms with Gasteiger partial charge in [-0.05, 0) is 37.5 Å². The van der Waals surface area contributed by atoms with Gasteiger partial charge in [0.15, 0.2) is 0 Å². The van der Waals surface area contributed by atoms with Crippen LogP contribution in [0.25, 0.3) is 6.08 Å². The van der Waals surface area contributed by atoms with E-state index in [0.717, 1.165) is 17.7 Å². The summed E-state index contributed by atoms with van der Waals surface area (Å²) in [5, 5.41) is 0. The van der Waals surface area contributed by atoms with Gasteiger partial charge in [-0.3, -0.25) is 0 Å². The number of aryl methyl sites for hydroxylation is 1. The van der Waals surface area contributed by atoms with E-state index in [2.05, 4.69) is 37.3 Å². The Labute approximate surface area is 481 Å². The minimum atomic E-state index is 0.491. The van der Waals surface area contributed by atoms with Crippen molar-refractivity contribution >= 4 is 6.08 Å². The van der Waals surface area contributed by atoms with Gasteiger partial charge >= 0.3 is 0 Å². The monoisotopic (exact) mass is 1150 g/mol. The van der Waals surface area contributed by atoms with Crippen LogP contribution in [0.2, 0.25) is 0 Å². The Morgan fingerprint density at radius 1 is 0.287 bits per heavy atom. The molecule has 0 saturated heterocycles. The first-order valence-corrected chi connectivity index (χ1v) is 29.7. The molecule has 0 atom stereocenters. The van der Waals surface area contributed by atoms with E-state index in [1.165, 1.54) is 50.5 Å². The van der Waals surface area contributed by atoms with Crippen LogP contribution in [0.5, 0.6) is 5.75 Å². The summed E-state index contributed by atoms with van der Waals surface area (Å²) in [4.78, 5) is 0. The van der Waals surface area contributed by atoms with Gasteiger partial charge < -0.3 is 99.5 Å². The molecule has 21 heteroatoms. The van der Waals surface area contributed by atoms with Gasteiger partial charge in [-0.15, -0.1) is 0 Å². The number of hydrogen-bond acceptors (Lipinski definition) is 21. The van der Waals surface area contributed by atoms with E-state index in [1.807, 2.05) is 6.92 Å². The smallest absolute Gasteiger partial charge is 0.126 e. The van der Waals surface area contributed by atoms with Crippen molar-refractivity contribution in [3.05, 3.63) is 35.4 Å². The number of benzene rings is 1. The summed E-state index contributed by atoms with van der Waals surface area (Å²) in [6.07, 6.45) is 14.5. The molecule has 0 saturated carbocycles. The predicted octanol–water partition coefficient (Wildman–Crippen LogP) is 6.35. The van der Waals surface area contributed by atoms with Crippen LogP contribution in [0, 0.1) is 0 Å². The van der Waals surface area contributed by atoms with Crippen LogP contribution < -0.4 is 4.74 Å². The molecule has 0 aromatic heterocycles. The van der Waals surface area contributed by atoms with Gasteiger partial charge in [-0.25, -0.2) is 0 Å². The molecular formula is C59H110O21. The van der Waals surface area contributed by atoms with Gasteiger partial charge in [0.05, 0.1) is 258 Å². The maximum absolute atomic E-state index is 6.03. The highest BCUT2D eigenvalue weighted by Gasteiger charge is 2.05. The van der Waals surface area contributed by atoms with E-state index < -0.39 is 0 Å². The quantitative estimate of drug-likeness (QED) is 0.0654. The first-order valence-electron chi connectivity index (χ1n) is 29.7. The van der Waals surface area contributed by atoms with Crippen LogP contribution in [0.3, 0.4) is 0 Å². The van der Waals surface area contributed by atoms with Gasteiger partial charge in [-0.2, -0.15) is 0 Å². The summed E-state index contributed by atoms with van der Waals surface area (Å²) in [5.41, 5.74) is 2.49. The summed E-state index contributed by atoms with van der Waals surface area (Å²) in [6, 6.07) is 6.54. The van der Waals surface area contributed by atoms with Crippen molar-refractivity contribution in [3.63, 3.8) is 0 Å². The van der Waals surface area contributed by atoms with E-state index in [0.29, 0.717) is 264 Å². The minimum absolute atomic E-state index is 0.491. The number of ether oxygens (including phenoxy) is 21. The molecule has 0 heterocycles. The SMILES string of the molecule is C/C=C/c1cc(CCCCCCCCC)ccc1OCCOCCOCCOCCOCCOCCOCCOCCOCCOCCOCCOCCOCCOCCOCCOCCOCCOCCOCCOCCOC. The minimum Gasteiger partial charge on any atom is -0.491 e. The zero-order valence-corrected chi connectivity index (χ0v) is 49.9. The molecule has 0 N–H and O–H groups in total. The maximum Gasteiger partial charge on any atom is 0.126 e. The Balaban J connectivity index is 1.67. The van der Waals surface area contributed by atoms with Gasteiger partial charge in [0, 0.05) is 12.7 Å². The van der Waals surface area contributed by atoms with Gasteiger partial charge in [-0.1, -0.05) is 63.7 Å². The zero-order valence-electron chi connectivity index (χ0n) is 49.9. The molecule has 1 aromatic carbocycles. The maximum atomic E-state index is 6.03. The van der Waals surface area contributed by atoms with Gasteiger partial charge in [0.1, 0.15) is 12.4 Å². The highest BCUT2D eigenvalue weighted by molar-refractivity contribution is 5.58. The van der Waals surface area contributed by atoms with Crippen molar-refractivity contribution in [2.24, 2.45) is 0 Å². The second-order valence-corrected chi connectivity index (χ2v) is 17.7. The van der Waals surface area contributed by atoms with Crippen LogP contribution in [-0.2, 0) is 101 Å². The lowest BCUT2D eigenvalue weighted by Gasteiger charge is -2.12. The molecule has 1 aromatic rings. The van der Waals surface area contributed by atoms with Crippen LogP contribution in [0.4, 0.5) is 0 Å². The molecule has 0 radical (unpaired) electrons. The predicted molar refractivity (Wildman–Crippen MR) is 306 cm³/mol. The van der Waals surface area contributed by atoms with Crippen LogP contribution in [0.1, 0.15) is 69.9 Å². The molecular weight excluding hydrogens is 1040 g/mol. The fourth-order valence-corrected chi connectivity index (χ4v) is 6.89. The molecule has 0 unspecified atom stereocenters. The summed E-state index contributed by atoms with van der Waals surface area (Å²) in [6.45, 7) is 24.5. The number of allylic oxidation sites excluding steroid dienone is 1. The van der Waals surface area contributed by atoms with Crippen molar-refractivity contribution < 1.29 is 99.5 Å². The highest BCUT2D eigenvalue weighted by atomic mass is 16.6. The molecule has 0 amide bonds. The molecule has 472 valence electrons. The van der Waals surface area contributed by atoms with Gasteiger partial charge in [0.25, 0.3) is 0 Å². The Hall–Kier alpha value is -2.04. The van der Waals surface area contributed by atoms with Crippen molar-refractivity contribution in [2.45, 2.75) is 65.2 Å². The molecule has 0 bridgehead atoms. The fourth-order valence-electron chi connectivity index (χ4n) is 6.89. The van der Waals surface area contributed by atoms with E-state index in [-0.39, 0.29) is 0 Å². The summed E-state index contributed by atoms with van der Waals surface area (Å²) in [5.74, 6) is 0.894. The van der Waals surface area contributed by atoms with E-state index in [1.54, 1.807) is 7.11 Å². The molecule has 1 rings (SSSR count). The van der Waals surface area contributed by atoms with E-state index >= 15 is 0 Å². The van der Waals surface area contributed by atoms with Crippen LogP contribution >= 0.6 is 0 Å². The number of methoxy groups -OCH3 is 1. The number of hydrogen-bond donors (Lipinski definition) is 0. The Bertz CT molecular complexity index is 1350. The first-order chi connectivity index (χ1) is 39.8. The molecule has 0 aliphatic carbocycles. The van der Waals surface area contributed by atoms with E-state index in [9.17, 15) is 0 Å². The summed E-state index contributed by atoms with van der Waals surface area (Å²) >= 11 is 0. The average molecular weight is 1160 g/mol. The third-order valence-electron chi connectivity index (χ3n) is 11.1. The molecule has 0 aliphatic rings. The summed E-state index contributed by atoms with van der Waals surface area (Å²) in [7, 11) is 1.65. The number of rotatable bonds is 70. The molecule has 21 nitrogen and oxygen atoms in total. The Morgan fingerprint density at radius 3 is 0.775 bits per heavy atom. The van der Waals surface area contributed by atoms with Crippen molar-refractivity contribution in [1.82, 2.24) is 0 Å². The van der Waals surface area contributed by atoms with Crippen LogP contribution in [0.15, 0.2) is 24.3 Å². The molecule has 0 spiro atoms. The van der Waals surface area contributed by atoms with Crippen molar-refractivity contribution in [2.75, 3.05) is 271 Å². The normalized spacial score (nSPS) is 11.8. The second-order valence-electron chi connectivity index (χ2n) is 17.7. The Kier molecular flexibility index (Phi) is 64.3. The lowest BCUT2D eigenvalue weighted by molar-refractivity contribution is -0.0314. The molecule has 0 aliphatic heterocycles. The number of unbranched alkanes of at least 4 members (excludes halogenated alkanes) is 6. The van der Waals surface area contributed by atoms with E-state index in [4.69, 9.17) is 99.5 Å². The Morgan fingerprint density at radius 2 is 0.525 bits per heavy atom. The zero-order chi connectivity index (χ0) is 57.1. The molecule has 0 fully saturated rings. The lowest BCUT2D eigenvalue weighted by Crippen LogP contribution is -2.16. The standard InChI is InChI=1S/C59H110O21/c1-4-6-7-8-9-10-11-13-57-14-15-59(58(56-57)12-5-2)80-55-54-79-53-52-78-51-50-77-49-48-76-47-46-75-45-44-74-43-42-73-41-40-72-39-38-71-37-36-70-35-34-69-33-32-68-31-30-67-29-28-66-27-26-65-25-24-64-23-22-63-21-20-62-19-18-61-17-16-60-3/h5,12,14-15,56H,4,6-11,13,16-55H2,1-3H3/b12-5+. The third-order valence-corrected chi connectivity index (χ3v) is 11.1. The van der Waals surface area contributed by atoms with Crippen molar-refractivity contribution in [3.8, 4) is 5.75 Å². The third kappa shape index (κ3) is 59.1. The largest absolute Gasteiger partial charge is 0.491 e. The first kappa shape index (κ1) is 76.0. The van der Waals surface area contributed by atoms with Gasteiger partial charge in [0.2, 0.25) is 0 Å². The highest BCUT2D eigenvalue weighted by Crippen LogP contribution is 2.23. The second kappa shape index (κ2) is 67.7. The average Bonchev–Trinajstić information content (AvgIpc) is 3.47.